The molecule has 0 spiro atoms. The number of fused-ring (bicyclic) bond motifs is 2. The van der Waals surface area contributed by atoms with Crippen LogP contribution in [0.15, 0.2) is 30.3 Å². The second-order valence-corrected chi connectivity index (χ2v) is 8.29. The van der Waals surface area contributed by atoms with Crippen LogP contribution >= 0.6 is 0 Å². The highest BCUT2D eigenvalue weighted by Gasteiger charge is 2.32. The quantitative estimate of drug-likeness (QED) is 0.626. The van der Waals surface area contributed by atoms with Crippen molar-refractivity contribution in [1.29, 1.82) is 0 Å². The molecule has 5 heteroatoms. The minimum Gasteiger partial charge on any atom is -0.507 e. The highest BCUT2D eigenvalue weighted by molar-refractivity contribution is 6.05. The Morgan fingerprint density at radius 3 is 2.40 bits per heavy atom. The van der Waals surface area contributed by atoms with Crippen LogP contribution < -0.4 is 9.47 Å². The summed E-state index contributed by atoms with van der Waals surface area (Å²) >= 11 is 0. The maximum Gasteiger partial charge on any atom is 0.135 e. The number of ether oxygens (including phenoxy) is 2. The molecule has 3 aromatic carbocycles. The number of rotatable bonds is 3. The van der Waals surface area contributed by atoms with Gasteiger partial charge >= 0.3 is 0 Å². The summed E-state index contributed by atoms with van der Waals surface area (Å²) in [5, 5.41) is 23.2. The Morgan fingerprint density at radius 2 is 1.73 bits per heavy atom. The van der Waals surface area contributed by atoms with E-state index in [0.717, 1.165) is 34.1 Å². The Hall–Kier alpha value is -2.92. The van der Waals surface area contributed by atoms with Crippen molar-refractivity contribution in [3.8, 4) is 34.1 Å². The standard InChI is InChI=1S/C25H29NO4/c1-13-9-18-17(7-8-21(29-5)23(18)19(27)10-13)24-20(28)12-16-11-14(2)26(4)15(3)22(16)25(24)30-6/h7-10,12,14-15,27-28H,11H2,1-6H3/t14-,15-/m0/s1. The van der Waals surface area contributed by atoms with Crippen molar-refractivity contribution in [2.24, 2.45) is 0 Å². The summed E-state index contributed by atoms with van der Waals surface area (Å²) in [6, 6.07) is 9.87. The largest absolute Gasteiger partial charge is 0.507 e. The van der Waals surface area contributed by atoms with Crippen LogP contribution in [0.5, 0.6) is 23.0 Å². The van der Waals surface area contributed by atoms with Gasteiger partial charge in [-0.2, -0.15) is 0 Å². The summed E-state index contributed by atoms with van der Waals surface area (Å²) in [4.78, 5) is 2.33. The molecule has 30 heavy (non-hydrogen) atoms. The fourth-order valence-corrected chi connectivity index (χ4v) is 4.82. The summed E-state index contributed by atoms with van der Waals surface area (Å²) in [5.74, 6) is 1.61. The zero-order chi connectivity index (χ0) is 21.7. The molecule has 3 aromatic rings. The summed E-state index contributed by atoms with van der Waals surface area (Å²) < 4.78 is 11.4. The lowest BCUT2D eigenvalue weighted by Gasteiger charge is -2.39. The molecular formula is C25H29NO4. The van der Waals surface area contributed by atoms with Crippen molar-refractivity contribution in [2.75, 3.05) is 21.3 Å². The highest BCUT2D eigenvalue weighted by Crippen LogP contribution is 2.50. The van der Waals surface area contributed by atoms with E-state index in [2.05, 4.69) is 25.8 Å². The molecule has 0 fully saturated rings. The molecule has 2 N–H and O–H groups in total. The van der Waals surface area contributed by atoms with Gasteiger partial charge in [0.15, 0.2) is 0 Å². The third-order valence-corrected chi connectivity index (χ3v) is 6.52. The van der Waals surface area contributed by atoms with Crippen LogP contribution in [0.4, 0.5) is 0 Å². The molecule has 4 rings (SSSR count). The first-order chi connectivity index (χ1) is 14.3. The number of hydrogen-bond donors (Lipinski definition) is 2. The number of aryl methyl sites for hydroxylation is 1. The average molecular weight is 408 g/mol. The van der Waals surface area contributed by atoms with E-state index in [1.807, 2.05) is 31.2 Å². The second-order valence-electron chi connectivity index (χ2n) is 8.29. The lowest BCUT2D eigenvalue weighted by atomic mass is 9.84. The summed E-state index contributed by atoms with van der Waals surface area (Å²) in [7, 11) is 5.36. The van der Waals surface area contributed by atoms with E-state index < -0.39 is 0 Å². The van der Waals surface area contributed by atoms with Crippen molar-refractivity contribution >= 4 is 10.8 Å². The second kappa shape index (κ2) is 7.40. The predicted octanol–water partition coefficient (Wildman–Crippen LogP) is 5.18. The Kier molecular flexibility index (Phi) is 5.02. The normalized spacial score (nSPS) is 19.0. The van der Waals surface area contributed by atoms with Gasteiger partial charge in [0.1, 0.15) is 23.0 Å². The molecule has 0 radical (unpaired) electrons. The van der Waals surface area contributed by atoms with Gasteiger partial charge in [-0.05, 0) is 80.6 Å². The Bertz CT molecular complexity index is 1140. The Balaban J connectivity index is 2.09. The molecule has 0 saturated heterocycles. The molecule has 0 saturated carbocycles. The van der Waals surface area contributed by atoms with Crippen molar-refractivity contribution in [1.82, 2.24) is 4.90 Å². The zero-order valence-corrected chi connectivity index (χ0v) is 18.4. The third kappa shape index (κ3) is 2.96. The summed E-state index contributed by atoms with van der Waals surface area (Å²) in [6.45, 7) is 6.30. The van der Waals surface area contributed by atoms with Crippen molar-refractivity contribution in [3.05, 3.63) is 47.0 Å². The molecule has 0 amide bonds. The molecule has 1 heterocycles. The first kappa shape index (κ1) is 20.4. The molecule has 0 bridgehead atoms. The van der Waals surface area contributed by atoms with Crippen LogP contribution in [0.25, 0.3) is 21.9 Å². The number of likely N-dealkylation sites (N-methyl/N-ethyl adjacent to an activating group) is 1. The van der Waals surface area contributed by atoms with Crippen LogP contribution in [0.2, 0.25) is 0 Å². The van der Waals surface area contributed by atoms with Crippen LogP contribution in [-0.2, 0) is 6.42 Å². The van der Waals surface area contributed by atoms with E-state index in [4.69, 9.17) is 9.47 Å². The first-order valence-electron chi connectivity index (χ1n) is 10.2. The van der Waals surface area contributed by atoms with Crippen molar-refractivity contribution in [3.63, 3.8) is 0 Å². The molecular weight excluding hydrogens is 378 g/mol. The molecule has 0 unspecified atom stereocenters. The van der Waals surface area contributed by atoms with Gasteiger partial charge in [0.05, 0.1) is 25.2 Å². The fourth-order valence-electron chi connectivity index (χ4n) is 4.82. The molecule has 0 aromatic heterocycles. The highest BCUT2D eigenvalue weighted by atomic mass is 16.5. The van der Waals surface area contributed by atoms with Gasteiger partial charge in [0.2, 0.25) is 0 Å². The number of benzene rings is 3. The number of hydrogen-bond acceptors (Lipinski definition) is 5. The number of phenols is 2. The maximum atomic E-state index is 11.1. The molecule has 1 aliphatic rings. The van der Waals surface area contributed by atoms with E-state index >= 15 is 0 Å². The topological polar surface area (TPSA) is 62.2 Å². The van der Waals surface area contributed by atoms with Crippen molar-refractivity contribution < 1.29 is 19.7 Å². The molecule has 2 atom stereocenters. The van der Waals surface area contributed by atoms with Gasteiger partial charge in [0.25, 0.3) is 0 Å². The van der Waals surface area contributed by atoms with Crippen LogP contribution in [0, 0.1) is 6.92 Å². The van der Waals surface area contributed by atoms with Gasteiger partial charge in [0, 0.05) is 17.6 Å². The smallest absolute Gasteiger partial charge is 0.135 e. The maximum absolute atomic E-state index is 11.1. The van der Waals surface area contributed by atoms with Gasteiger partial charge in [-0.3, -0.25) is 4.90 Å². The monoisotopic (exact) mass is 407 g/mol. The third-order valence-electron chi connectivity index (χ3n) is 6.52. The molecule has 1 aliphatic heterocycles. The van der Waals surface area contributed by atoms with Crippen LogP contribution in [0.1, 0.15) is 36.6 Å². The Labute approximate surface area is 177 Å². The fraction of sp³-hybridized carbons (Fsp3) is 0.360. The number of methoxy groups -OCH3 is 2. The van der Waals surface area contributed by atoms with Gasteiger partial charge in [-0.25, -0.2) is 0 Å². The number of aromatic hydroxyl groups is 2. The lowest BCUT2D eigenvalue weighted by molar-refractivity contribution is 0.175. The van der Waals surface area contributed by atoms with E-state index in [0.29, 0.717) is 28.5 Å². The zero-order valence-electron chi connectivity index (χ0n) is 18.4. The van der Waals surface area contributed by atoms with E-state index in [9.17, 15) is 10.2 Å². The van der Waals surface area contributed by atoms with Crippen molar-refractivity contribution in [2.45, 2.75) is 39.3 Å². The van der Waals surface area contributed by atoms with E-state index in [1.165, 1.54) is 0 Å². The molecule has 0 aliphatic carbocycles. The SMILES string of the molecule is COc1c(-c2ccc(OC)c3c(O)cc(C)cc23)c(O)cc2c1[C@H](C)N(C)[C@@H](C)C2. The average Bonchev–Trinajstić information content (AvgIpc) is 2.70. The van der Waals surface area contributed by atoms with E-state index in [-0.39, 0.29) is 17.5 Å². The Morgan fingerprint density at radius 1 is 1.00 bits per heavy atom. The first-order valence-corrected chi connectivity index (χ1v) is 10.2. The predicted molar refractivity (Wildman–Crippen MR) is 120 cm³/mol. The minimum absolute atomic E-state index is 0.151. The van der Waals surface area contributed by atoms with Gasteiger partial charge in [-0.1, -0.05) is 6.07 Å². The number of nitrogens with zero attached hydrogens (tertiary/aromatic N) is 1. The lowest BCUT2D eigenvalue weighted by Crippen LogP contribution is -2.38. The van der Waals surface area contributed by atoms with E-state index in [1.54, 1.807) is 20.3 Å². The minimum atomic E-state index is 0.151. The van der Waals surface area contributed by atoms with Gasteiger partial charge < -0.3 is 19.7 Å². The summed E-state index contributed by atoms with van der Waals surface area (Å²) in [5.41, 5.74) is 4.58. The van der Waals surface area contributed by atoms with Gasteiger partial charge in [-0.15, -0.1) is 0 Å². The van der Waals surface area contributed by atoms with Crippen LogP contribution in [0.3, 0.4) is 0 Å². The number of phenolic OH excluding ortho intramolecular Hbond substituents is 2. The summed E-state index contributed by atoms with van der Waals surface area (Å²) in [6.07, 6.45) is 0.851. The molecule has 5 nitrogen and oxygen atoms in total. The molecule has 158 valence electrons. The van der Waals surface area contributed by atoms with Crippen LogP contribution in [-0.4, -0.2) is 42.4 Å².